The fourth-order valence-corrected chi connectivity index (χ4v) is 1.90. The molecule has 2 heteroatoms. The van der Waals surface area contributed by atoms with Crippen LogP contribution in [0.3, 0.4) is 0 Å². The van der Waals surface area contributed by atoms with Crippen molar-refractivity contribution >= 4 is 17.5 Å². The van der Waals surface area contributed by atoms with Gasteiger partial charge < -0.3 is 5.32 Å². The molecule has 1 aromatic rings. The third-order valence-corrected chi connectivity index (χ3v) is 2.62. The summed E-state index contributed by atoms with van der Waals surface area (Å²) in [6.45, 7) is 2.11. The molecule has 1 nitrogen and oxygen atoms in total. The molecule has 0 fully saturated rings. The van der Waals surface area contributed by atoms with Crippen LogP contribution in [0.25, 0.3) is 5.70 Å². The highest BCUT2D eigenvalue weighted by molar-refractivity contribution is 8.02. The number of hydrogen-bond donors (Lipinski definition) is 1. The van der Waals surface area contributed by atoms with Crippen molar-refractivity contribution in [2.75, 3.05) is 5.88 Å². The second-order valence-corrected chi connectivity index (χ2v) is 3.74. The Labute approximate surface area is 76.9 Å². The van der Waals surface area contributed by atoms with Gasteiger partial charge in [0.25, 0.3) is 0 Å². The Balaban J connectivity index is 2.28. The van der Waals surface area contributed by atoms with Crippen LogP contribution in [0.5, 0.6) is 0 Å². The summed E-state index contributed by atoms with van der Waals surface area (Å²) in [5, 5.41) is 5.49. The molecule has 0 radical (unpaired) electrons. The summed E-state index contributed by atoms with van der Waals surface area (Å²) >= 11 is 1.81. The second-order valence-electron chi connectivity index (χ2n) is 2.89. The Morgan fingerprint density at radius 1 is 1.25 bits per heavy atom. The third-order valence-electron chi connectivity index (χ3n) is 1.91. The Morgan fingerprint density at radius 3 is 2.58 bits per heavy atom. The molecular weight excluding hydrogens is 166 g/mol. The predicted molar refractivity (Wildman–Crippen MR) is 54.7 cm³/mol. The number of aryl methyl sites for hydroxylation is 1. The molecule has 1 aromatic carbocycles. The number of nitrogens with one attached hydrogen (secondary N) is 1. The normalized spacial score (nSPS) is 15.6. The zero-order valence-corrected chi connectivity index (χ0v) is 7.82. The highest BCUT2D eigenvalue weighted by Gasteiger charge is 2.04. The van der Waals surface area contributed by atoms with Crippen LogP contribution in [0.1, 0.15) is 11.1 Å². The average molecular weight is 177 g/mol. The van der Waals surface area contributed by atoms with Crippen LogP contribution >= 0.6 is 11.8 Å². The SMILES string of the molecule is Cc1ccc(C2=CSCN2)cc1. The average Bonchev–Trinajstić information content (AvgIpc) is 2.58. The highest BCUT2D eigenvalue weighted by atomic mass is 32.2. The number of thioether (sulfide) groups is 1. The van der Waals surface area contributed by atoms with Gasteiger partial charge >= 0.3 is 0 Å². The Kier molecular flexibility index (Phi) is 2.09. The predicted octanol–water partition coefficient (Wildman–Crippen LogP) is 2.59. The molecule has 0 amide bonds. The van der Waals surface area contributed by atoms with Gasteiger partial charge in [-0.15, -0.1) is 11.8 Å². The van der Waals surface area contributed by atoms with E-state index in [1.54, 1.807) is 0 Å². The molecule has 0 aromatic heterocycles. The van der Waals surface area contributed by atoms with Gasteiger partial charge in [-0.05, 0) is 17.9 Å². The van der Waals surface area contributed by atoms with E-state index in [0.29, 0.717) is 0 Å². The van der Waals surface area contributed by atoms with E-state index in [1.807, 2.05) is 11.8 Å². The summed E-state index contributed by atoms with van der Waals surface area (Å²) in [4.78, 5) is 0. The third kappa shape index (κ3) is 1.48. The Morgan fingerprint density at radius 2 is 2.00 bits per heavy atom. The van der Waals surface area contributed by atoms with Gasteiger partial charge in [0.05, 0.1) is 5.88 Å². The van der Waals surface area contributed by atoms with Crippen molar-refractivity contribution < 1.29 is 0 Å². The maximum Gasteiger partial charge on any atom is 0.0652 e. The maximum absolute atomic E-state index is 3.32. The zero-order valence-electron chi connectivity index (χ0n) is 7.00. The molecule has 0 atom stereocenters. The van der Waals surface area contributed by atoms with E-state index in [4.69, 9.17) is 0 Å². The van der Waals surface area contributed by atoms with Crippen molar-refractivity contribution in [3.05, 3.63) is 40.8 Å². The Hall–Kier alpha value is -0.890. The molecule has 0 spiro atoms. The molecule has 0 saturated carbocycles. The summed E-state index contributed by atoms with van der Waals surface area (Å²) in [5.41, 5.74) is 3.84. The first-order chi connectivity index (χ1) is 5.86. The van der Waals surface area contributed by atoms with Gasteiger partial charge in [0.2, 0.25) is 0 Å². The molecular formula is C10H11NS. The van der Waals surface area contributed by atoms with Crippen LogP contribution in [0, 0.1) is 6.92 Å². The number of rotatable bonds is 1. The second kappa shape index (κ2) is 3.23. The van der Waals surface area contributed by atoms with Crippen molar-refractivity contribution in [1.82, 2.24) is 5.32 Å². The van der Waals surface area contributed by atoms with E-state index >= 15 is 0 Å². The van der Waals surface area contributed by atoms with Gasteiger partial charge in [0, 0.05) is 5.70 Å². The minimum Gasteiger partial charge on any atom is -0.375 e. The smallest absolute Gasteiger partial charge is 0.0652 e. The topological polar surface area (TPSA) is 12.0 Å². The summed E-state index contributed by atoms with van der Waals surface area (Å²) in [7, 11) is 0. The fourth-order valence-electron chi connectivity index (χ4n) is 1.19. The molecule has 2 rings (SSSR count). The first-order valence-electron chi connectivity index (χ1n) is 3.99. The van der Waals surface area contributed by atoms with Crippen LogP contribution in [-0.4, -0.2) is 5.88 Å². The van der Waals surface area contributed by atoms with Gasteiger partial charge in [-0.3, -0.25) is 0 Å². The standard InChI is InChI=1S/C10H11NS/c1-8-2-4-9(5-3-8)10-6-12-7-11-10/h2-6,11H,7H2,1H3. The summed E-state index contributed by atoms with van der Waals surface area (Å²) < 4.78 is 0. The van der Waals surface area contributed by atoms with Crippen LogP contribution in [-0.2, 0) is 0 Å². The molecule has 1 aliphatic rings. The first kappa shape index (κ1) is 7.74. The summed E-state index contributed by atoms with van der Waals surface area (Å²) in [6, 6.07) is 8.59. The molecule has 0 aliphatic carbocycles. The van der Waals surface area contributed by atoms with Crippen LogP contribution in [0.2, 0.25) is 0 Å². The van der Waals surface area contributed by atoms with Crippen LogP contribution in [0.15, 0.2) is 29.7 Å². The van der Waals surface area contributed by atoms with E-state index in [2.05, 4.69) is 41.9 Å². The minimum absolute atomic E-state index is 1.00. The van der Waals surface area contributed by atoms with E-state index in [9.17, 15) is 0 Å². The van der Waals surface area contributed by atoms with Gasteiger partial charge in [-0.1, -0.05) is 29.8 Å². The summed E-state index contributed by atoms with van der Waals surface area (Å²) in [6.07, 6.45) is 0. The van der Waals surface area contributed by atoms with Gasteiger partial charge in [-0.2, -0.15) is 0 Å². The monoisotopic (exact) mass is 177 g/mol. The van der Waals surface area contributed by atoms with Crippen molar-refractivity contribution in [3.8, 4) is 0 Å². The molecule has 1 N–H and O–H groups in total. The van der Waals surface area contributed by atoms with Gasteiger partial charge in [0.1, 0.15) is 0 Å². The van der Waals surface area contributed by atoms with Gasteiger partial charge in [0.15, 0.2) is 0 Å². The van der Waals surface area contributed by atoms with Crippen LogP contribution < -0.4 is 5.32 Å². The van der Waals surface area contributed by atoms with Crippen molar-refractivity contribution in [3.63, 3.8) is 0 Å². The van der Waals surface area contributed by atoms with Gasteiger partial charge in [-0.25, -0.2) is 0 Å². The molecule has 1 heterocycles. The Bertz CT molecular complexity index is 300. The minimum atomic E-state index is 1.00. The molecule has 12 heavy (non-hydrogen) atoms. The molecule has 0 unspecified atom stereocenters. The lowest BCUT2D eigenvalue weighted by atomic mass is 10.1. The van der Waals surface area contributed by atoms with E-state index in [1.165, 1.54) is 16.8 Å². The zero-order chi connectivity index (χ0) is 8.39. The largest absolute Gasteiger partial charge is 0.375 e. The lowest BCUT2D eigenvalue weighted by molar-refractivity contribution is 1.11. The van der Waals surface area contributed by atoms with Crippen LogP contribution in [0.4, 0.5) is 0 Å². The van der Waals surface area contributed by atoms with E-state index < -0.39 is 0 Å². The molecule has 1 aliphatic heterocycles. The van der Waals surface area contributed by atoms with Crippen molar-refractivity contribution in [2.45, 2.75) is 6.92 Å². The lowest BCUT2D eigenvalue weighted by Crippen LogP contribution is -2.04. The fraction of sp³-hybridized carbons (Fsp3) is 0.200. The first-order valence-corrected chi connectivity index (χ1v) is 5.04. The van der Waals surface area contributed by atoms with E-state index in [0.717, 1.165) is 5.88 Å². The van der Waals surface area contributed by atoms with Crippen molar-refractivity contribution in [2.24, 2.45) is 0 Å². The molecule has 62 valence electrons. The number of benzene rings is 1. The quantitative estimate of drug-likeness (QED) is 0.707. The maximum atomic E-state index is 3.32. The number of hydrogen-bond acceptors (Lipinski definition) is 2. The molecule has 0 bridgehead atoms. The highest BCUT2D eigenvalue weighted by Crippen LogP contribution is 2.21. The lowest BCUT2D eigenvalue weighted by Gasteiger charge is -2.02. The van der Waals surface area contributed by atoms with Crippen molar-refractivity contribution in [1.29, 1.82) is 0 Å². The van der Waals surface area contributed by atoms with E-state index in [-0.39, 0.29) is 0 Å². The summed E-state index contributed by atoms with van der Waals surface area (Å²) in [5.74, 6) is 1.00. The molecule has 0 saturated heterocycles.